The average molecular weight is 212 g/mol. The van der Waals surface area contributed by atoms with Crippen LogP contribution in [-0.2, 0) is 9.59 Å². The Morgan fingerprint density at radius 3 is 2.20 bits per heavy atom. The zero-order valence-electron chi connectivity index (χ0n) is 9.36. The Morgan fingerprint density at radius 2 is 1.73 bits per heavy atom. The first-order chi connectivity index (χ1) is 6.99. The lowest BCUT2D eigenvalue weighted by molar-refractivity contribution is -0.305. The third-order valence-corrected chi connectivity index (χ3v) is 2.76. The molecule has 2 atom stereocenters. The summed E-state index contributed by atoms with van der Waals surface area (Å²) in [7, 11) is 0. The number of nitrogens with zero attached hydrogens (tertiary/aromatic N) is 1. The van der Waals surface area contributed by atoms with Gasteiger partial charge in [0.25, 0.3) is 0 Å². The van der Waals surface area contributed by atoms with E-state index in [1.165, 1.54) is 0 Å². The van der Waals surface area contributed by atoms with Crippen LogP contribution in [0.2, 0.25) is 0 Å². The Kier molecular flexibility index (Phi) is 4.12. The quantitative estimate of drug-likeness (QED) is 0.662. The van der Waals surface area contributed by atoms with E-state index in [1.807, 2.05) is 0 Å². The number of hydrogen-bond donors (Lipinski definition) is 0. The summed E-state index contributed by atoms with van der Waals surface area (Å²) in [6.07, 6.45) is 1.05. The third-order valence-electron chi connectivity index (χ3n) is 2.76. The Hall–Kier alpha value is -1.06. The van der Waals surface area contributed by atoms with Crippen molar-refractivity contribution in [2.45, 2.75) is 33.1 Å². The van der Waals surface area contributed by atoms with Crippen molar-refractivity contribution in [2.24, 2.45) is 11.8 Å². The smallest absolute Gasteiger partial charge is 0.222 e. The molecule has 0 aromatic rings. The molecule has 0 N–H and O–H groups in total. The van der Waals surface area contributed by atoms with Gasteiger partial charge in [-0.2, -0.15) is 0 Å². The number of carbonyl (C=O) groups is 2. The molecule has 1 fully saturated rings. The third kappa shape index (κ3) is 3.90. The molecule has 1 aliphatic heterocycles. The Labute approximate surface area is 90.3 Å². The number of hydrogen-bond acceptors (Lipinski definition) is 3. The second-order valence-corrected chi connectivity index (χ2v) is 4.62. The van der Waals surface area contributed by atoms with E-state index < -0.39 is 5.97 Å². The standard InChI is InChI=1S/C11H19NO3/c1-8-5-9(2)7-12(6-8)10(13)3-4-11(14)15/h8-9H,3-7H2,1-2H3,(H,14,15)/p-1/t8-,9-/m0/s1. The minimum atomic E-state index is -1.15. The Morgan fingerprint density at radius 1 is 1.20 bits per heavy atom. The molecule has 0 unspecified atom stereocenters. The summed E-state index contributed by atoms with van der Waals surface area (Å²) in [4.78, 5) is 23.6. The van der Waals surface area contributed by atoms with Crippen LogP contribution in [0, 0.1) is 11.8 Å². The molecular formula is C11H18NO3-. The van der Waals surface area contributed by atoms with Gasteiger partial charge in [-0.3, -0.25) is 4.79 Å². The molecule has 15 heavy (non-hydrogen) atoms. The van der Waals surface area contributed by atoms with Crippen molar-refractivity contribution in [3.8, 4) is 0 Å². The minimum absolute atomic E-state index is 0.0578. The first kappa shape index (κ1) is 12.0. The van der Waals surface area contributed by atoms with Crippen LogP contribution in [-0.4, -0.2) is 29.9 Å². The van der Waals surface area contributed by atoms with Crippen molar-refractivity contribution >= 4 is 11.9 Å². The molecule has 0 saturated carbocycles. The monoisotopic (exact) mass is 212 g/mol. The number of aliphatic carboxylic acids is 1. The van der Waals surface area contributed by atoms with Crippen LogP contribution < -0.4 is 5.11 Å². The van der Waals surface area contributed by atoms with Crippen LogP contribution in [0.15, 0.2) is 0 Å². The molecule has 0 aromatic heterocycles. The number of rotatable bonds is 3. The molecule has 1 amide bonds. The summed E-state index contributed by atoms with van der Waals surface area (Å²) in [6, 6.07) is 0. The van der Waals surface area contributed by atoms with Crippen molar-refractivity contribution in [3.63, 3.8) is 0 Å². The second kappa shape index (κ2) is 5.14. The van der Waals surface area contributed by atoms with Crippen LogP contribution in [0.5, 0.6) is 0 Å². The van der Waals surface area contributed by atoms with Gasteiger partial charge in [-0.05, 0) is 24.7 Å². The van der Waals surface area contributed by atoms with Gasteiger partial charge in [-0.15, -0.1) is 0 Å². The normalized spacial score (nSPS) is 26.4. The molecule has 0 bridgehead atoms. The first-order valence-corrected chi connectivity index (χ1v) is 5.46. The summed E-state index contributed by atoms with van der Waals surface area (Å²) in [5, 5.41) is 10.2. The van der Waals surface area contributed by atoms with Crippen LogP contribution >= 0.6 is 0 Å². The maximum absolute atomic E-state index is 11.6. The molecule has 86 valence electrons. The topological polar surface area (TPSA) is 60.4 Å². The van der Waals surface area contributed by atoms with E-state index in [4.69, 9.17) is 0 Å². The van der Waals surface area contributed by atoms with E-state index in [9.17, 15) is 14.7 Å². The van der Waals surface area contributed by atoms with E-state index >= 15 is 0 Å². The van der Waals surface area contributed by atoms with Crippen molar-refractivity contribution in [1.82, 2.24) is 4.90 Å². The maximum Gasteiger partial charge on any atom is 0.222 e. The van der Waals surface area contributed by atoms with E-state index in [0.717, 1.165) is 19.5 Å². The highest BCUT2D eigenvalue weighted by Crippen LogP contribution is 2.21. The van der Waals surface area contributed by atoms with Gasteiger partial charge in [0, 0.05) is 25.5 Å². The van der Waals surface area contributed by atoms with Crippen molar-refractivity contribution in [2.75, 3.05) is 13.1 Å². The van der Waals surface area contributed by atoms with Gasteiger partial charge in [0.2, 0.25) is 5.91 Å². The van der Waals surface area contributed by atoms with Crippen LogP contribution in [0.1, 0.15) is 33.1 Å². The van der Waals surface area contributed by atoms with Gasteiger partial charge in [0.05, 0.1) is 0 Å². The van der Waals surface area contributed by atoms with Gasteiger partial charge in [0.15, 0.2) is 0 Å². The largest absolute Gasteiger partial charge is 0.550 e. The number of likely N-dealkylation sites (tertiary alicyclic amines) is 1. The molecule has 1 heterocycles. The van der Waals surface area contributed by atoms with Crippen LogP contribution in [0.25, 0.3) is 0 Å². The summed E-state index contributed by atoms with van der Waals surface area (Å²) >= 11 is 0. The zero-order valence-corrected chi connectivity index (χ0v) is 9.36. The highest BCUT2D eigenvalue weighted by Gasteiger charge is 2.24. The molecule has 4 nitrogen and oxygen atoms in total. The highest BCUT2D eigenvalue weighted by atomic mass is 16.4. The number of carboxylic acids is 1. The number of piperidine rings is 1. The Bertz CT molecular complexity index is 242. The van der Waals surface area contributed by atoms with Crippen LogP contribution in [0.4, 0.5) is 0 Å². The SMILES string of the molecule is C[C@H]1C[C@H](C)CN(C(=O)CCC(=O)[O-])C1. The molecule has 0 spiro atoms. The molecule has 1 aliphatic rings. The van der Waals surface area contributed by atoms with Crippen molar-refractivity contribution < 1.29 is 14.7 Å². The molecule has 0 aromatic carbocycles. The number of amides is 1. The lowest BCUT2D eigenvalue weighted by atomic mass is 9.91. The first-order valence-electron chi connectivity index (χ1n) is 5.46. The van der Waals surface area contributed by atoms with Crippen molar-refractivity contribution in [1.29, 1.82) is 0 Å². The lowest BCUT2D eigenvalue weighted by Crippen LogP contribution is -2.42. The maximum atomic E-state index is 11.6. The lowest BCUT2D eigenvalue weighted by Gasteiger charge is -2.35. The van der Waals surface area contributed by atoms with E-state index in [-0.39, 0.29) is 18.7 Å². The minimum Gasteiger partial charge on any atom is -0.550 e. The highest BCUT2D eigenvalue weighted by molar-refractivity contribution is 5.80. The molecule has 1 rings (SSSR count). The van der Waals surface area contributed by atoms with Gasteiger partial charge in [-0.25, -0.2) is 0 Å². The molecule has 4 heteroatoms. The number of carbonyl (C=O) groups excluding carboxylic acids is 2. The van der Waals surface area contributed by atoms with Crippen LogP contribution in [0.3, 0.4) is 0 Å². The van der Waals surface area contributed by atoms with Gasteiger partial charge >= 0.3 is 0 Å². The molecule has 0 aliphatic carbocycles. The second-order valence-electron chi connectivity index (χ2n) is 4.62. The summed E-state index contributed by atoms with van der Waals surface area (Å²) in [5.41, 5.74) is 0. The van der Waals surface area contributed by atoms with Gasteiger partial charge in [-0.1, -0.05) is 13.8 Å². The fourth-order valence-corrected chi connectivity index (χ4v) is 2.23. The van der Waals surface area contributed by atoms with E-state index in [1.54, 1.807) is 4.90 Å². The summed E-state index contributed by atoms with van der Waals surface area (Å²) in [6.45, 7) is 5.76. The average Bonchev–Trinajstić information content (AvgIpc) is 2.12. The fraction of sp³-hybridized carbons (Fsp3) is 0.818. The predicted molar refractivity (Wildman–Crippen MR) is 53.8 cm³/mol. The van der Waals surface area contributed by atoms with E-state index in [2.05, 4.69) is 13.8 Å². The van der Waals surface area contributed by atoms with Crippen molar-refractivity contribution in [3.05, 3.63) is 0 Å². The summed E-state index contributed by atoms with van der Waals surface area (Å²) < 4.78 is 0. The Balaban J connectivity index is 2.41. The fourth-order valence-electron chi connectivity index (χ4n) is 2.23. The summed E-state index contributed by atoms with van der Waals surface area (Å²) in [5.74, 6) is -0.180. The van der Waals surface area contributed by atoms with Gasteiger partial charge < -0.3 is 14.8 Å². The molecule has 0 radical (unpaired) electrons. The van der Waals surface area contributed by atoms with E-state index in [0.29, 0.717) is 11.8 Å². The predicted octanol–water partition coefficient (Wildman–Crippen LogP) is 0.0210. The molecular weight excluding hydrogens is 194 g/mol. The molecule has 1 saturated heterocycles. The zero-order chi connectivity index (χ0) is 11.4. The number of carboxylic acid groups (broad SMARTS) is 1. The van der Waals surface area contributed by atoms with Gasteiger partial charge in [0.1, 0.15) is 0 Å².